The molecule has 1 N–H and O–H groups in total. The summed E-state index contributed by atoms with van der Waals surface area (Å²) in [6.07, 6.45) is 0.774. The van der Waals surface area contributed by atoms with Crippen LogP contribution in [0.4, 0.5) is 0 Å². The molecule has 0 spiro atoms. The van der Waals surface area contributed by atoms with E-state index in [0.29, 0.717) is 12.1 Å². The van der Waals surface area contributed by atoms with Gasteiger partial charge in [0, 0.05) is 13.0 Å². The number of esters is 1. The van der Waals surface area contributed by atoms with Crippen LogP contribution in [0.5, 0.6) is 0 Å². The highest BCUT2D eigenvalue weighted by Crippen LogP contribution is 2.28. The fraction of sp³-hybridized carbons (Fsp3) is 0.462. The van der Waals surface area contributed by atoms with E-state index in [-0.39, 0.29) is 5.97 Å². The largest absolute Gasteiger partial charge is 0.454 e. The molecule has 0 aliphatic carbocycles. The Kier molecular flexibility index (Phi) is 2.72. The number of ether oxygens (including phenoxy) is 1. The van der Waals surface area contributed by atoms with Crippen LogP contribution in [-0.2, 0) is 11.2 Å². The molecule has 1 aliphatic heterocycles. The molecule has 0 amide bonds. The molecule has 3 heteroatoms. The number of aryl methyl sites for hydroxylation is 1. The fourth-order valence-electron chi connectivity index (χ4n) is 2.26. The highest BCUT2D eigenvalue weighted by atomic mass is 16.6. The summed E-state index contributed by atoms with van der Waals surface area (Å²) in [5.41, 5.74) is 2.56. The first-order chi connectivity index (χ1) is 7.54. The number of benzene rings is 1. The van der Waals surface area contributed by atoms with E-state index in [1.165, 1.54) is 5.56 Å². The average molecular weight is 219 g/mol. The van der Waals surface area contributed by atoms with Gasteiger partial charge in [0.05, 0.1) is 5.56 Å². The van der Waals surface area contributed by atoms with Crippen LogP contribution in [0.15, 0.2) is 18.2 Å². The van der Waals surface area contributed by atoms with Gasteiger partial charge >= 0.3 is 5.97 Å². The number of carbonyl (C=O) groups is 1. The minimum absolute atomic E-state index is 0.209. The molecule has 1 heterocycles. The molecule has 1 aromatic rings. The molecule has 0 bridgehead atoms. The van der Waals surface area contributed by atoms with E-state index in [9.17, 15) is 4.79 Å². The van der Waals surface area contributed by atoms with Crippen molar-refractivity contribution in [3.8, 4) is 0 Å². The number of fused-ring (bicyclic) bond motifs is 1. The molecule has 16 heavy (non-hydrogen) atoms. The Balaban J connectivity index is 2.38. The van der Waals surface area contributed by atoms with Crippen molar-refractivity contribution in [3.05, 3.63) is 34.9 Å². The van der Waals surface area contributed by atoms with Gasteiger partial charge in [0.25, 0.3) is 0 Å². The van der Waals surface area contributed by atoms with E-state index < -0.39 is 5.60 Å². The molecule has 0 radical (unpaired) electrons. The lowest BCUT2D eigenvalue weighted by atomic mass is 9.89. The first-order valence-electron chi connectivity index (χ1n) is 5.51. The fourth-order valence-corrected chi connectivity index (χ4v) is 2.26. The van der Waals surface area contributed by atoms with Gasteiger partial charge in [-0.15, -0.1) is 0 Å². The Morgan fingerprint density at radius 3 is 2.94 bits per heavy atom. The maximum Gasteiger partial charge on any atom is 0.339 e. The second-order valence-corrected chi connectivity index (χ2v) is 4.71. The molecule has 86 valence electrons. The molecule has 1 unspecified atom stereocenters. The molecule has 3 nitrogen and oxygen atoms in total. The summed E-state index contributed by atoms with van der Waals surface area (Å²) in [6.45, 7) is 4.68. The van der Waals surface area contributed by atoms with Crippen LogP contribution in [0.1, 0.15) is 28.4 Å². The third kappa shape index (κ3) is 1.95. The Labute approximate surface area is 95.8 Å². The topological polar surface area (TPSA) is 38.3 Å². The highest BCUT2D eigenvalue weighted by Gasteiger charge is 2.35. The zero-order valence-electron chi connectivity index (χ0n) is 9.96. The lowest BCUT2D eigenvalue weighted by Gasteiger charge is -2.34. The van der Waals surface area contributed by atoms with Gasteiger partial charge in [-0.05, 0) is 32.5 Å². The molecular formula is C13H17NO2. The van der Waals surface area contributed by atoms with Crippen LogP contribution >= 0.6 is 0 Å². The van der Waals surface area contributed by atoms with Crippen LogP contribution in [-0.4, -0.2) is 25.2 Å². The molecule has 0 saturated heterocycles. The molecule has 1 atom stereocenters. The van der Waals surface area contributed by atoms with Crippen molar-refractivity contribution >= 4 is 5.97 Å². The van der Waals surface area contributed by atoms with Crippen molar-refractivity contribution in [1.29, 1.82) is 0 Å². The minimum Gasteiger partial charge on any atom is -0.454 e. The van der Waals surface area contributed by atoms with E-state index >= 15 is 0 Å². The monoisotopic (exact) mass is 219 g/mol. The quantitative estimate of drug-likeness (QED) is 0.769. The van der Waals surface area contributed by atoms with Gasteiger partial charge in [-0.25, -0.2) is 4.79 Å². The van der Waals surface area contributed by atoms with Gasteiger partial charge in [-0.2, -0.15) is 0 Å². The van der Waals surface area contributed by atoms with Crippen molar-refractivity contribution in [2.75, 3.05) is 13.6 Å². The van der Waals surface area contributed by atoms with E-state index in [0.717, 1.165) is 12.0 Å². The zero-order valence-corrected chi connectivity index (χ0v) is 9.96. The zero-order chi connectivity index (χ0) is 11.8. The van der Waals surface area contributed by atoms with Crippen molar-refractivity contribution in [2.24, 2.45) is 0 Å². The average Bonchev–Trinajstić information content (AvgIpc) is 2.15. The second-order valence-electron chi connectivity index (χ2n) is 4.71. The molecule has 1 aromatic carbocycles. The van der Waals surface area contributed by atoms with Gasteiger partial charge in [0.1, 0.15) is 5.60 Å². The number of cyclic esters (lactones) is 1. The predicted molar refractivity (Wildman–Crippen MR) is 62.6 cm³/mol. The molecular weight excluding hydrogens is 202 g/mol. The Morgan fingerprint density at radius 2 is 2.25 bits per heavy atom. The third-order valence-corrected chi connectivity index (χ3v) is 2.93. The van der Waals surface area contributed by atoms with Crippen LogP contribution in [0.2, 0.25) is 0 Å². The van der Waals surface area contributed by atoms with Crippen LogP contribution in [0.3, 0.4) is 0 Å². The normalized spacial score (nSPS) is 23.8. The summed E-state index contributed by atoms with van der Waals surface area (Å²) in [6, 6.07) is 5.87. The van der Waals surface area contributed by atoms with E-state index in [2.05, 4.69) is 11.4 Å². The molecule has 0 fully saturated rings. The highest BCUT2D eigenvalue weighted by molar-refractivity contribution is 5.92. The smallest absolute Gasteiger partial charge is 0.339 e. The van der Waals surface area contributed by atoms with Crippen molar-refractivity contribution in [2.45, 2.75) is 25.9 Å². The Bertz CT molecular complexity index is 428. The van der Waals surface area contributed by atoms with E-state index in [4.69, 9.17) is 4.74 Å². The summed E-state index contributed by atoms with van der Waals surface area (Å²) < 4.78 is 5.48. The maximum absolute atomic E-state index is 11.8. The van der Waals surface area contributed by atoms with Gasteiger partial charge in [0.2, 0.25) is 0 Å². The van der Waals surface area contributed by atoms with Crippen molar-refractivity contribution in [3.63, 3.8) is 0 Å². The molecule has 1 aliphatic rings. The molecule has 0 saturated carbocycles. The van der Waals surface area contributed by atoms with Crippen molar-refractivity contribution < 1.29 is 9.53 Å². The predicted octanol–water partition coefficient (Wildman–Crippen LogP) is 1.69. The number of carbonyl (C=O) groups excluding carboxylic acids is 1. The van der Waals surface area contributed by atoms with Gasteiger partial charge in [-0.1, -0.05) is 17.7 Å². The first-order valence-corrected chi connectivity index (χ1v) is 5.51. The third-order valence-electron chi connectivity index (χ3n) is 2.93. The van der Waals surface area contributed by atoms with Crippen LogP contribution in [0.25, 0.3) is 0 Å². The minimum atomic E-state index is -0.424. The van der Waals surface area contributed by atoms with Crippen LogP contribution in [0, 0.1) is 6.92 Å². The summed E-state index contributed by atoms with van der Waals surface area (Å²) >= 11 is 0. The standard InChI is InChI=1S/C13H17NO2/c1-9-4-5-11-10(6-9)7-13(2,8-14-3)16-12(11)15/h4-6,14H,7-8H2,1-3H3. The number of rotatable bonds is 2. The summed E-state index contributed by atoms with van der Waals surface area (Å²) in [5, 5.41) is 3.07. The Morgan fingerprint density at radius 1 is 1.50 bits per heavy atom. The lowest BCUT2D eigenvalue weighted by Crippen LogP contribution is -2.46. The number of likely N-dealkylation sites (N-methyl/N-ethyl adjacent to an activating group) is 1. The second kappa shape index (κ2) is 3.91. The number of hydrogen-bond donors (Lipinski definition) is 1. The van der Waals surface area contributed by atoms with Gasteiger partial charge in [0.15, 0.2) is 0 Å². The molecule has 2 rings (SSSR count). The van der Waals surface area contributed by atoms with Crippen molar-refractivity contribution in [1.82, 2.24) is 5.32 Å². The van der Waals surface area contributed by atoms with Gasteiger partial charge < -0.3 is 10.1 Å². The number of hydrogen-bond acceptors (Lipinski definition) is 3. The van der Waals surface area contributed by atoms with Gasteiger partial charge in [-0.3, -0.25) is 0 Å². The lowest BCUT2D eigenvalue weighted by molar-refractivity contribution is -0.0140. The Hall–Kier alpha value is -1.35. The first kappa shape index (κ1) is 11.1. The van der Waals surface area contributed by atoms with E-state index in [1.807, 2.05) is 33.0 Å². The maximum atomic E-state index is 11.8. The van der Waals surface area contributed by atoms with Crippen LogP contribution < -0.4 is 5.32 Å². The summed E-state index contributed by atoms with van der Waals surface area (Å²) in [7, 11) is 1.87. The number of nitrogens with one attached hydrogen (secondary N) is 1. The van der Waals surface area contributed by atoms with E-state index in [1.54, 1.807) is 0 Å². The SMILES string of the molecule is CNCC1(C)Cc2cc(C)ccc2C(=O)O1. The summed E-state index contributed by atoms with van der Waals surface area (Å²) in [5.74, 6) is -0.209. The molecule has 0 aromatic heterocycles. The summed E-state index contributed by atoms with van der Waals surface area (Å²) in [4.78, 5) is 11.8.